The van der Waals surface area contributed by atoms with E-state index in [1.807, 2.05) is 4.90 Å². The third-order valence-corrected chi connectivity index (χ3v) is 8.08. The largest absolute Gasteiger partial charge is 0.489 e. The van der Waals surface area contributed by atoms with E-state index in [0.29, 0.717) is 48.5 Å². The molecule has 0 unspecified atom stereocenters. The van der Waals surface area contributed by atoms with Gasteiger partial charge < -0.3 is 26.2 Å². The summed E-state index contributed by atoms with van der Waals surface area (Å²) in [5.74, 6) is -2.91. The Morgan fingerprint density at radius 2 is 1.79 bits per heavy atom. The molecule has 1 aliphatic heterocycles. The molecule has 0 aliphatic carbocycles. The van der Waals surface area contributed by atoms with Crippen LogP contribution in [0.25, 0.3) is 6.08 Å². The van der Waals surface area contributed by atoms with E-state index in [1.54, 1.807) is 44.2 Å². The molecule has 12 nitrogen and oxygen atoms in total. The normalized spacial score (nSPS) is 13.5. The van der Waals surface area contributed by atoms with Crippen LogP contribution >= 0.6 is 24.8 Å². The number of carboxylic acids is 1. The standard InChI is InChI=1S/C27H34N6O6S.2ClH/c1-17-13-21(15-23(27(31)36)25(17)39-22-8-11-32(12-9-22)18(2)28)33(40(37,38)16-24(34)35)10-4-6-19-5-3-7-20(14-19)26(29)30;;/h3-7,13-15,22,28H,8-12,16H2,1-2H3,(H3,29,30)(H2,31,36)(H,34,35);2*1H/b6-4+,28-18?;;. The summed E-state index contributed by atoms with van der Waals surface area (Å²) in [6, 6.07) is 9.58. The van der Waals surface area contributed by atoms with Gasteiger partial charge in [-0.3, -0.25) is 24.7 Å². The number of aliphatic carboxylic acids is 1. The number of amidine groups is 2. The van der Waals surface area contributed by atoms with Crippen LogP contribution in [-0.2, 0) is 14.8 Å². The highest BCUT2D eigenvalue weighted by molar-refractivity contribution is 7.93. The van der Waals surface area contributed by atoms with E-state index in [1.165, 1.54) is 18.2 Å². The molecule has 0 radical (unpaired) electrons. The van der Waals surface area contributed by atoms with Gasteiger partial charge in [0.2, 0.25) is 10.0 Å². The van der Waals surface area contributed by atoms with Crippen molar-refractivity contribution in [2.45, 2.75) is 32.8 Å². The Morgan fingerprint density at radius 3 is 2.33 bits per heavy atom. The van der Waals surface area contributed by atoms with Crippen molar-refractivity contribution in [1.82, 2.24) is 4.90 Å². The third-order valence-electron chi connectivity index (χ3n) is 6.43. The summed E-state index contributed by atoms with van der Waals surface area (Å²) in [5, 5.41) is 24.6. The second kappa shape index (κ2) is 15.4. The Bertz CT molecular complexity index is 1460. The topological polar surface area (TPSA) is 204 Å². The molecule has 3 rings (SSSR count). The molecular weight excluding hydrogens is 607 g/mol. The lowest BCUT2D eigenvalue weighted by molar-refractivity contribution is -0.134. The number of piperidine rings is 1. The molecule has 7 N–H and O–H groups in total. The number of halogens is 2. The van der Waals surface area contributed by atoms with Gasteiger partial charge in [-0.15, -0.1) is 24.8 Å². The predicted octanol–water partition coefficient (Wildman–Crippen LogP) is 3.00. The second-order valence-electron chi connectivity index (χ2n) is 9.52. The molecule has 1 heterocycles. The minimum absolute atomic E-state index is 0. The molecule has 1 saturated heterocycles. The van der Waals surface area contributed by atoms with Gasteiger partial charge in [0.25, 0.3) is 5.91 Å². The first-order chi connectivity index (χ1) is 18.8. The molecule has 0 saturated carbocycles. The van der Waals surface area contributed by atoms with Crippen LogP contribution < -0.4 is 20.5 Å². The molecule has 0 bridgehead atoms. The van der Waals surface area contributed by atoms with Gasteiger partial charge in [-0.1, -0.05) is 30.4 Å². The zero-order valence-corrected chi connectivity index (χ0v) is 25.7. The second-order valence-corrected chi connectivity index (χ2v) is 11.4. The summed E-state index contributed by atoms with van der Waals surface area (Å²) in [6.45, 7) is 4.40. The number of anilines is 1. The van der Waals surface area contributed by atoms with Crippen LogP contribution in [0.2, 0.25) is 0 Å². The number of hydrogen-bond donors (Lipinski definition) is 5. The fourth-order valence-corrected chi connectivity index (χ4v) is 5.63. The number of nitrogens with two attached hydrogens (primary N) is 2. The highest BCUT2D eigenvalue weighted by atomic mass is 35.5. The first-order valence-corrected chi connectivity index (χ1v) is 14.1. The van der Waals surface area contributed by atoms with Crippen molar-refractivity contribution in [2.24, 2.45) is 11.5 Å². The summed E-state index contributed by atoms with van der Waals surface area (Å²) in [6.07, 6.45) is 4.19. The highest BCUT2D eigenvalue weighted by Gasteiger charge is 2.28. The SMILES string of the molecule is CC(=N)N1CCC(Oc2c(C)cc(N(C/C=C/c3cccc(C(=N)N)c3)S(=O)(=O)CC(=O)O)cc2C(N)=O)CC1.Cl.Cl. The molecule has 1 aliphatic rings. The van der Waals surface area contributed by atoms with E-state index >= 15 is 0 Å². The molecule has 230 valence electrons. The maximum Gasteiger partial charge on any atom is 0.320 e. The van der Waals surface area contributed by atoms with E-state index in [4.69, 9.17) is 27.0 Å². The lowest BCUT2D eigenvalue weighted by atomic mass is 10.0. The number of carboxylic acid groups (broad SMARTS) is 1. The number of hydrogen-bond acceptors (Lipinski definition) is 7. The number of nitrogens with zero attached hydrogens (tertiary/aromatic N) is 2. The van der Waals surface area contributed by atoms with Gasteiger partial charge in [0.1, 0.15) is 17.7 Å². The maximum absolute atomic E-state index is 13.1. The third kappa shape index (κ3) is 9.36. The van der Waals surface area contributed by atoms with Crippen LogP contribution in [0.1, 0.15) is 46.8 Å². The highest BCUT2D eigenvalue weighted by Crippen LogP contribution is 2.33. The van der Waals surface area contributed by atoms with Crippen LogP contribution in [-0.4, -0.2) is 73.5 Å². The lowest BCUT2D eigenvalue weighted by Gasteiger charge is -2.33. The Kier molecular flexibility index (Phi) is 13.3. The molecule has 42 heavy (non-hydrogen) atoms. The Morgan fingerprint density at radius 1 is 1.14 bits per heavy atom. The molecule has 1 fully saturated rings. The minimum Gasteiger partial charge on any atom is -0.489 e. The first kappa shape index (κ1) is 36.2. The number of primary amides is 1. The number of likely N-dealkylation sites (tertiary alicyclic amines) is 1. The van der Waals surface area contributed by atoms with Gasteiger partial charge >= 0.3 is 5.97 Å². The molecule has 15 heteroatoms. The average molecular weight is 644 g/mol. The lowest BCUT2D eigenvalue weighted by Crippen LogP contribution is -2.40. The molecular formula is C27H36Cl2N6O6S. The van der Waals surface area contributed by atoms with Gasteiger partial charge in [-0.2, -0.15) is 0 Å². The molecule has 2 aromatic carbocycles. The number of nitrogens with one attached hydrogen (secondary N) is 2. The first-order valence-electron chi connectivity index (χ1n) is 12.5. The van der Waals surface area contributed by atoms with E-state index in [2.05, 4.69) is 0 Å². The molecule has 1 amide bonds. The van der Waals surface area contributed by atoms with E-state index in [0.717, 1.165) is 4.31 Å². The number of benzene rings is 2. The summed E-state index contributed by atoms with van der Waals surface area (Å²) in [4.78, 5) is 25.7. The van der Waals surface area contributed by atoms with E-state index in [-0.39, 0.29) is 60.3 Å². The quantitative estimate of drug-likeness (QED) is 0.181. The smallest absolute Gasteiger partial charge is 0.320 e. The van der Waals surface area contributed by atoms with Crippen molar-refractivity contribution in [3.63, 3.8) is 0 Å². The summed E-state index contributed by atoms with van der Waals surface area (Å²) >= 11 is 0. The Labute approximate surface area is 257 Å². The van der Waals surface area contributed by atoms with E-state index in [9.17, 15) is 23.1 Å². The van der Waals surface area contributed by atoms with Crippen LogP contribution in [0.5, 0.6) is 5.75 Å². The number of aryl methyl sites for hydroxylation is 1. The van der Waals surface area contributed by atoms with Crippen LogP contribution in [0.3, 0.4) is 0 Å². The Balaban J connectivity index is 0.00000441. The maximum atomic E-state index is 13.1. The number of amides is 1. The Hall–Kier alpha value is -3.81. The van der Waals surface area contributed by atoms with Crippen molar-refractivity contribution in [1.29, 1.82) is 10.8 Å². The zero-order chi connectivity index (χ0) is 29.6. The fraction of sp³-hybridized carbons (Fsp3) is 0.333. The van der Waals surface area contributed by atoms with Gasteiger partial charge in [-0.05, 0) is 43.2 Å². The van der Waals surface area contributed by atoms with Crippen molar-refractivity contribution in [2.75, 3.05) is 29.7 Å². The summed E-state index contributed by atoms with van der Waals surface area (Å²) < 4.78 is 33.3. The number of rotatable bonds is 11. The van der Waals surface area contributed by atoms with Crippen LogP contribution in [0, 0.1) is 17.7 Å². The molecule has 0 aromatic heterocycles. The van der Waals surface area contributed by atoms with Gasteiger partial charge in [0.15, 0.2) is 5.75 Å². The average Bonchev–Trinajstić information content (AvgIpc) is 2.87. The monoisotopic (exact) mass is 642 g/mol. The fourth-order valence-electron chi connectivity index (χ4n) is 4.42. The van der Waals surface area contributed by atoms with Crippen molar-refractivity contribution < 1.29 is 27.9 Å². The van der Waals surface area contributed by atoms with Gasteiger partial charge in [-0.25, -0.2) is 8.42 Å². The zero-order valence-electron chi connectivity index (χ0n) is 23.2. The number of nitrogen functional groups attached to an aromatic ring is 1. The number of sulfonamides is 1. The van der Waals surface area contributed by atoms with Crippen molar-refractivity contribution in [3.8, 4) is 5.75 Å². The molecule has 0 atom stereocenters. The number of ether oxygens (including phenoxy) is 1. The molecule has 2 aromatic rings. The van der Waals surface area contributed by atoms with E-state index < -0.39 is 27.7 Å². The van der Waals surface area contributed by atoms with Gasteiger partial charge in [0.05, 0.1) is 23.6 Å². The van der Waals surface area contributed by atoms with Crippen LogP contribution in [0.15, 0.2) is 42.5 Å². The van der Waals surface area contributed by atoms with Crippen molar-refractivity contribution >= 4 is 70.1 Å². The minimum atomic E-state index is -4.35. The van der Waals surface area contributed by atoms with Gasteiger partial charge in [0, 0.05) is 31.5 Å². The van der Waals surface area contributed by atoms with Crippen LogP contribution in [0.4, 0.5) is 5.69 Å². The molecule has 0 spiro atoms. The summed E-state index contributed by atoms with van der Waals surface area (Å²) in [5.41, 5.74) is 12.9. The number of carbonyl (C=O) groups excluding carboxylic acids is 1. The van der Waals surface area contributed by atoms with Crippen molar-refractivity contribution in [3.05, 3.63) is 64.7 Å². The predicted molar refractivity (Wildman–Crippen MR) is 168 cm³/mol. The summed E-state index contributed by atoms with van der Waals surface area (Å²) in [7, 11) is -4.35. The number of carbonyl (C=O) groups is 2.